The Hall–Kier alpha value is -1.92. The molecule has 1 N–H and O–H groups in total. The number of amides is 2. The van der Waals surface area contributed by atoms with Crippen molar-refractivity contribution in [1.82, 2.24) is 20.4 Å². The average Bonchev–Trinajstić information content (AvgIpc) is 2.85. The van der Waals surface area contributed by atoms with Crippen LogP contribution < -0.4 is 5.32 Å². The standard InChI is InChI=1S/C13H20N4O3/c1-5-8-11(18)15-10(13(2,3)4)12(19)17(8)6-9-14-7-20-16-9/h7-8,10H,5-6H2,1-4H3,(H,15,18). The predicted molar refractivity (Wildman–Crippen MR) is 70.3 cm³/mol. The molecule has 0 bridgehead atoms. The van der Waals surface area contributed by atoms with Crippen molar-refractivity contribution in [2.75, 3.05) is 0 Å². The molecular weight excluding hydrogens is 260 g/mol. The minimum atomic E-state index is -0.537. The highest BCUT2D eigenvalue weighted by Crippen LogP contribution is 2.26. The molecule has 1 saturated heterocycles. The maximum Gasteiger partial charge on any atom is 0.246 e. The van der Waals surface area contributed by atoms with E-state index in [0.29, 0.717) is 12.2 Å². The molecule has 1 aromatic rings. The van der Waals surface area contributed by atoms with Crippen LogP contribution in [0.25, 0.3) is 0 Å². The van der Waals surface area contributed by atoms with Crippen LogP contribution in [0.4, 0.5) is 0 Å². The first-order valence-corrected chi connectivity index (χ1v) is 6.70. The minimum absolute atomic E-state index is 0.103. The van der Waals surface area contributed by atoms with Crippen LogP contribution in [0, 0.1) is 5.41 Å². The molecule has 2 amide bonds. The molecule has 2 unspecified atom stereocenters. The lowest BCUT2D eigenvalue weighted by Crippen LogP contribution is -2.66. The first-order valence-electron chi connectivity index (χ1n) is 6.70. The molecule has 7 nitrogen and oxygen atoms in total. The Bertz CT molecular complexity index is 492. The molecule has 2 atom stereocenters. The fraction of sp³-hybridized carbons (Fsp3) is 0.692. The zero-order valence-corrected chi connectivity index (χ0v) is 12.2. The van der Waals surface area contributed by atoms with Gasteiger partial charge >= 0.3 is 0 Å². The van der Waals surface area contributed by atoms with Gasteiger partial charge in [0.25, 0.3) is 0 Å². The molecule has 2 rings (SSSR count). The fourth-order valence-corrected chi connectivity index (χ4v) is 2.36. The summed E-state index contributed by atoms with van der Waals surface area (Å²) in [4.78, 5) is 30.3. The third-order valence-corrected chi connectivity index (χ3v) is 3.47. The summed E-state index contributed by atoms with van der Waals surface area (Å²) in [6.07, 6.45) is 1.76. The zero-order valence-electron chi connectivity index (χ0n) is 12.2. The Morgan fingerprint density at radius 2 is 2.10 bits per heavy atom. The van der Waals surface area contributed by atoms with E-state index in [1.165, 1.54) is 6.39 Å². The van der Waals surface area contributed by atoms with Gasteiger partial charge in [-0.15, -0.1) is 0 Å². The van der Waals surface area contributed by atoms with Gasteiger partial charge in [0.15, 0.2) is 5.82 Å². The van der Waals surface area contributed by atoms with E-state index in [1.807, 2.05) is 27.7 Å². The van der Waals surface area contributed by atoms with Crippen molar-refractivity contribution in [3.63, 3.8) is 0 Å². The summed E-state index contributed by atoms with van der Waals surface area (Å²) in [6, 6.07) is -1.02. The molecule has 0 radical (unpaired) electrons. The molecule has 1 aliphatic heterocycles. The highest BCUT2D eigenvalue weighted by Gasteiger charge is 2.44. The maximum absolute atomic E-state index is 12.6. The van der Waals surface area contributed by atoms with E-state index >= 15 is 0 Å². The van der Waals surface area contributed by atoms with Crippen LogP contribution in [0.5, 0.6) is 0 Å². The zero-order chi connectivity index (χ0) is 14.9. The average molecular weight is 280 g/mol. The van der Waals surface area contributed by atoms with Crippen LogP contribution in [0.1, 0.15) is 39.9 Å². The quantitative estimate of drug-likeness (QED) is 0.881. The summed E-state index contributed by atoms with van der Waals surface area (Å²) >= 11 is 0. The number of piperazine rings is 1. The van der Waals surface area contributed by atoms with Crippen molar-refractivity contribution in [3.8, 4) is 0 Å². The van der Waals surface area contributed by atoms with Gasteiger partial charge in [0.1, 0.15) is 12.1 Å². The molecule has 0 spiro atoms. The Kier molecular flexibility index (Phi) is 3.78. The first kappa shape index (κ1) is 14.5. The van der Waals surface area contributed by atoms with Crippen molar-refractivity contribution in [2.45, 2.75) is 52.7 Å². The predicted octanol–water partition coefficient (Wildman–Crippen LogP) is 0.721. The number of aromatic nitrogens is 2. The number of hydrogen-bond acceptors (Lipinski definition) is 5. The van der Waals surface area contributed by atoms with E-state index in [9.17, 15) is 9.59 Å². The number of carbonyl (C=O) groups is 2. The Labute approximate surface area is 117 Å². The molecule has 7 heteroatoms. The Morgan fingerprint density at radius 1 is 1.40 bits per heavy atom. The van der Waals surface area contributed by atoms with Gasteiger partial charge in [0.2, 0.25) is 18.2 Å². The van der Waals surface area contributed by atoms with E-state index in [2.05, 4.69) is 20.0 Å². The van der Waals surface area contributed by atoms with Gasteiger partial charge in [-0.1, -0.05) is 32.9 Å². The highest BCUT2D eigenvalue weighted by molar-refractivity contribution is 5.97. The number of hydrogen-bond donors (Lipinski definition) is 1. The topological polar surface area (TPSA) is 88.3 Å². The molecule has 2 heterocycles. The molecule has 1 aliphatic rings. The fourth-order valence-electron chi connectivity index (χ4n) is 2.36. The van der Waals surface area contributed by atoms with E-state index < -0.39 is 12.1 Å². The van der Waals surface area contributed by atoms with Gasteiger partial charge in [-0.05, 0) is 11.8 Å². The van der Waals surface area contributed by atoms with Crippen molar-refractivity contribution in [1.29, 1.82) is 0 Å². The summed E-state index contributed by atoms with van der Waals surface area (Å²) < 4.78 is 4.68. The minimum Gasteiger partial charge on any atom is -0.343 e. The molecule has 0 aromatic carbocycles. The van der Waals surface area contributed by atoms with Crippen molar-refractivity contribution in [2.24, 2.45) is 5.41 Å². The number of nitrogens with one attached hydrogen (secondary N) is 1. The van der Waals surface area contributed by atoms with Crippen molar-refractivity contribution < 1.29 is 14.1 Å². The van der Waals surface area contributed by atoms with E-state index in [4.69, 9.17) is 0 Å². The second-order valence-electron chi connectivity index (χ2n) is 6.05. The lowest BCUT2D eigenvalue weighted by atomic mass is 9.83. The molecule has 110 valence electrons. The summed E-state index contributed by atoms with van der Waals surface area (Å²) in [7, 11) is 0. The lowest BCUT2D eigenvalue weighted by molar-refractivity contribution is -0.153. The van der Waals surface area contributed by atoms with Crippen molar-refractivity contribution in [3.05, 3.63) is 12.2 Å². The second kappa shape index (κ2) is 5.22. The second-order valence-corrected chi connectivity index (χ2v) is 6.05. The maximum atomic E-state index is 12.6. The van der Waals surface area contributed by atoms with Crippen LogP contribution >= 0.6 is 0 Å². The molecular formula is C13H20N4O3. The van der Waals surface area contributed by atoms with Gasteiger partial charge in [-0.25, -0.2) is 0 Å². The number of rotatable bonds is 3. The molecule has 0 saturated carbocycles. The summed E-state index contributed by atoms with van der Waals surface area (Å²) in [5.74, 6) is 0.170. The van der Waals surface area contributed by atoms with Crippen LogP contribution in [0.15, 0.2) is 10.9 Å². The van der Waals surface area contributed by atoms with Gasteiger partial charge < -0.3 is 14.7 Å². The van der Waals surface area contributed by atoms with Crippen LogP contribution in [0.2, 0.25) is 0 Å². The third-order valence-electron chi connectivity index (χ3n) is 3.47. The Balaban J connectivity index is 2.28. The van der Waals surface area contributed by atoms with Crippen molar-refractivity contribution >= 4 is 11.8 Å². The molecule has 0 aliphatic carbocycles. The molecule has 1 fully saturated rings. The van der Waals surface area contributed by atoms with Gasteiger partial charge in [-0.3, -0.25) is 9.59 Å². The first-order chi connectivity index (χ1) is 9.34. The third kappa shape index (κ3) is 2.66. The Morgan fingerprint density at radius 3 is 2.60 bits per heavy atom. The van der Waals surface area contributed by atoms with Gasteiger partial charge in [0.05, 0.1) is 6.54 Å². The normalized spacial score (nSPS) is 23.9. The SMILES string of the molecule is CCC1C(=O)NC(C(C)(C)C)C(=O)N1Cc1ncon1. The molecule has 1 aromatic heterocycles. The monoisotopic (exact) mass is 280 g/mol. The van der Waals surface area contributed by atoms with Gasteiger partial charge in [0, 0.05) is 0 Å². The smallest absolute Gasteiger partial charge is 0.246 e. The van der Waals surface area contributed by atoms with Gasteiger partial charge in [-0.2, -0.15) is 4.98 Å². The van der Waals surface area contributed by atoms with Crippen LogP contribution in [0.3, 0.4) is 0 Å². The van der Waals surface area contributed by atoms with Crippen LogP contribution in [-0.4, -0.2) is 38.9 Å². The van der Waals surface area contributed by atoms with E-state index in [0.717, 1.165) is 0 Å². The largest absolute Gasteiger partial charge is 0.343 e. The summed E-state index contributed by atoms with van der Waals surface area (Å²) in [5.41, 5.74) is -0.346. The van der Waals surface area contributed by atoms with E-state index in [1.54, 1.807) is 4.90 Å². The number of carbonyl (C=O) groups excluding carboxylic acids is 2. The number of nitrogens with zero attached hydrogens (tertiary/aromatic N) is 3. The van der Waals surface area contributed by atoms with E-state index in [-0.39, 0.29) is 23.8 Å². The lowest BCUT2D eigenvalue weighted by Gasteiger charge is -2.42. The van der Waals surface area contributed by atoms with Crippen LogP contribution in [-0.2, 0) is 16.1 Å². The highest BCUT2D eigenvalue weighted by atomic mass is 16.5. The molecule has 20 heavy (non-hydrogen) atoms. The summed E-state index contributed by atoms with van der Waals surface area (Å²) in [6.45, 7) is 7.84. The summed E-state index contributed by atoms with van der Waals surface area (Å²) in [5, 5.41) is 6.54.